The fraction of sp³-hybridized carbons (Fsp3) is 0.944. The van der Waals surface area contributed by atoms with Crippen LogP contribution in [0.1, 0.15) is 153 Å². The van der Waals surface area contributed by atoms with Crippen molar-refractivity contribution in [2.45, 2.75) is 153 Å². The minimum atomic E-state index is 0.331. The van der Waals surface area contributed by atoms with E-state index < -0.39 is 0 Å². The van der Waals surface area contributed by atoms with Crippen LogP contribution >= 0.6 is 0 Å². The summed E-state index contributed by atoms with van der Waals surface area (Å²) in [6, 6.07) is 0. The zero-order valence-corrected chi connectivity index (χ0v) is 27.0. The number of aliphatic hydroxyl groups is 1. The highest BCUT2D eigenvalue weighted by Gasteiger charge is 2.58. The zero-order valence-electron chi connectivity index (χ0n) is 27.0. The molecule has 4 rings (SSSR count). The van der Waals surface area contributed by atoms with E-state index in [2.05, 4.69) is 61.5 Å². The van der Waals surface area contributed by atoms with E-state index in [1.54, 1.807) is 6.42 Å². The molecule has 1 N–H and O–H groups in total. The largest absolute Gasteiger partial charge is 0.396 e. The van der Waals surface area contributed by atoms with Crippen molar-refractivity contribution in [1.82, 2.24) is 0 Å². The zero-order chi connectivity index (χ0) is 27.8. The van der Waals surface area contributed by atoms with Crippen molar-refractivity contribution in [2.24, 2.45) is 58.2 Å². The molecule has 0 aromatic rings. The summed E-state index contributed by atoms with van der Waals surface area (Å²) in [5.41, 5.74) is 3.09. The number of aliphatic hydroxyl groups excluding tert-OH is 1. The Kier molecular flexibility index (Phi) is 13.3. The van der Waals surface area contributed by atoms with Crippen LogP contribution in [0.25, 0.3) is 0 Å². The van der Waals surface area contributed by atoms with Crippen molar-refractivity contribution in [3.8, 4) is 0 Å². The molecular formula is C36H68O. The smallest absolute Gasteiger partial charge is 0.0433 e. The summed E-state index contributed by atoms with van der Waals surface area (Å²) in [6.07, 6.45) is 21.5. The Labute approximate surface area is 234 Å². The lowest BCUT2D eigenvalue weighted by Gasteiger charge is -2.58. The van der Waals surface area contributed by atoms with E-state index >= 15 is 0 Å². The summed E-state index contributed by atoms with van der Waals surface area (Å²) in [5.74, 6) is 7.37. The van der Waals surface area contributed by atoms with Gasteiger partial charge in [0.05, 0.1) is 0 Å². The average molecular weight is 517 g/mol. The lowest BCUT2D eigenvalue weighted by molar-refractivity contribution is -0.0469. The molecule has 7 atom stereocenters. The van der Waals surface area contributed by atoms with Crippen LogP contribution in [0.2, 0.25) is 0 Å². The molecule has 0 aromatic carbocycles. The van der Waals surface area contributed by atoms with E-state index in [0.717, 1.165) is 47.8 Å². The molecule has 0 radical (unpaired) electrons. The number of hydrogen-bond acceptors (Lipinski definition) is 1. The molecule has 4 aliphatic rings. The van der Waals surface area contributed by atoms with Crippen molar-refractivity contribution < 1.29 is 5.11 Å². The van der Waals surface area contributed by atoms with E-state index in [1.807, 2.05) is 19.4 Å². The van der Waals surface area contributed by atoms with Crippen LogP contribution in [0.5, 0.6) is 0 Å². The van der Waals surface area contributed by atoms with E-state index in [-0.39, 0.29) is 0 Å². The Balaban J connectivity index is 0.000000531. The lowest BCUT2D eigenvalue weighted by Crippen LogP contribution is -2.50. The lowest BCUT2D eigenvalue weighted by atomic mass is 9.46. The van der Waals surface area contributed by atoms with Gasteiger partial charge in [0.1, 0.15) is 0 Å². The molecule has 0 heterocycles. The molecular weight excluding hydrogens is 448 g/mol. The van der Waals surface area contributed by atoms with Gasteiger partial charge in [0, 0.05) is 6.61 Å². The van der Waals surface area contributed by atoms with E-state index in [1.165, 1.54) is 70.6 Å². The van der Waals surface area contributed by atoms with Crippen molar-refractivity contribution >= 4 is 0 Å². The summed E-state index contributed by atoms with van der Waals surface area (Å²) in [7, 11) is 0. The second-order valence-corrected chi connectivity index (χ2v) is 14.9. The number of unbranched alkanes of at least 4 members (excludes halogenated alkanes) is 1. The molecule has 0 spiro atoms. The van der Waals surface area contributed by atoms with Gasteiger partial charge in [-0.3, -0.25) is 0 Å². The Hall–Kier alpha value is -0.300. The molecule has 1 nitrogen and oxygen atoms in total. The third kappa shape index (κ3) is 7.89. The maximum Gasteiger partial charge on any atom is 0.0433 e. The fourth-order valence-corrected chi connectivity index (χ4v) is 9.04. The molecule has 1 heteroatoms. The summed E-state index contributed by atoms with van der Waals surface area (Å²) < 4.78 is 0. The van der Waals surface area contributed by atoms with Crippen LogP contribution in [-0.2, 0) is 0 Å². The average Bonchev–Trinajstić information content (AvgIpc) is 3.19. The first-order valence-corrected chi connectivity index (χ1v) is 16.8. The van der Waals surface area contributed by atoms with Gasteiger partial charge < -0.3 is 5.11 Å². The predicted molar refractivity (Wildman–Crippen MR) is 165 cm³/mol. The highest BCUT2D eigenvalue weighted by molar-refractivity contribution is 5.25. The molecule has 3 fully saturated rings. The molecule has 0 bridgehead atoms. The molecule has 4 aliphatic carbocycles. The molecule has 37 heavy (non-hydrogen) atoms. The monoisotopic (exact) mass is 517 g/mol. The van der Waals surface area contributed by atoms with E-state index in [4.69, 9.17) is 5.11 Å². The Bertz CT molecular complexity index is 674. The minimum absolute atomic E-state index is 0.331. The number of hydrogen-bond donors (Lipinski definition) is 1. The van der Waals surface area contributed by atoms with Crippen LogP contribution in [-0.4, -0.2) is 11.7 Å². The molecule has 0 amide bonds. The van der Waals surface area contributed by atoms with Gasteiger partial charge in [-0.25, -0.2) is 0 Å². The molecule has 7 unspecified atom stereocenters. The van der Waals surface area contributed by atoms with E-state index in [0.29, 0.717) is 23.4 Å². The van der Waals surface area contributed by atoms with Crippen LogP contribution < -0.4 is 0 Å². The van der Waals surface area contributed by atoms with Gasteiger partial charge in [-0.2, -0.15) is 0 Å². The quantitative estimate of drug-likeness (QED) is 0.251. The second kappa shape index (κ2) is 14.9. The normalized spacial score (nSPS) is 36.6. The summed E-state index contributed by atoms with van der Waals surface area (Å²) in [6.45, 7) is 23.6. The molecule has 3 saturated carbocycles. The molecule has 0 aliphatic heterocycles. The van der Waals surface area contributed by atoms with Crippen molar-refractivity contribution in [2.75, 3.05) is 6.61 Å². The van der Waals surface area contributed by atoms with Crippen molar-refractivity contribution in [1.29, 1.82) is 0 Å². The van der Waals surface area contributed by atoms with Crippen molar-refractivity contribution in [3.63, 3.8) is 0 Å². The molecule has 0 saturated heterocycles. The van der Waals surface area contributed by atoms with Gasteiger partial charge in [-0.1, -0.05) is 100 Å². The fourth-order valence-electron chi connectivity index (χ4n) is 9.04. The maximum absolute atomic E-state index is 8.24. The van der Waals surface area contributed by atoms with Gasteiger partial charge in [-0.05, 0) is 122 Å². The Morgan fingerprint density at radius 2 is 1.51 bits per heavy atom. The van der Waals surface area contributed by atoms with Crippen LogP contribution in [0, 0.1) is 58.2 Å². The van der Waals surface area contributed by atoms with Gasteiger partial charge in [0.15, 0.2) is 0 Å². The van der Waals surface area contributed by atoms with Crippen molar-refractivity contribution in [3.05, 3.63) is 11.6 Å². The Morgan fingerprint density at radius 3 is 2.08 bits per heavy atom. The topological polar surface area (TPSA) is 20.2 Å². The van der Waals surface area contributed by atoms with Gasteiger partial charge in [0.2, 0.25) is 0 Å². The van der Waals surface area contributed by atoms with Crippen LogP contribution in [0.4, 0.5) is 0 Å². The number of fused-ring (bicyclic) bond motifs is 5. The number of rotatable bonds is 8. The standard InChI is InChI=1S/C29H50.C5H12O.C2H6/c1-20(2)9-7-8-10-23-12-14-26-25-13-11-24-19-22(21(3)4)15-17-29(24,6)27(25)16-18-28(23,26)5;1-5(2)3-4-6;1-2/h11,20-23,25-27H,7-10,12-19H2,1-6H3;5-6H,3-4H2,1-2H3;1-2H3. The molecule has 218 valence electrons. The van der Waals surface area contributed by atoms with Crippen LogP contribution in [0.3, 0.4) is 0 Å². The Morgan fingerprint density at radius 1 is 0.838 bits per heavy atom. The molecule has 0 aromatic heterocycles. The minimum Gasteiger partial charge on any atom is -0.396 e. The first-order valence-electron chi connectivity index (χ1n) is 16.8. The van der Waals surface area contributed by atoms with E-state index in [9.17, 15) is 0 Å². The summed E-state index contributed by atoms with van der Waals surface area (Å²) in [5, 5.41) is 8.24. The first-order chi connectivity index (χ1) is 17.5. The maximum atomic E-state index is 8.24. The summed E-state index contributed by atoms with van der Waals surface area (Å²) in [4.78, 5) is 0. The first kappa shape index (κ1) is 32.9. The highest BCUT2D eigenvalue weighted by Crippen LogP contribution is 2.67. The third-order valence-electron chi connectivity index (χ3n) is 11.6. The van der Waals surface area contributed by atoms with Crippen LogP contribution in [0.15, 0.2) is 11.6 Å². The van der Waals surface area contributed by atoms with Gasteiger partial charge in [0.25, 0.3) is 0 Å². The third-order valence-corrected chi connectivity index (χ3v) is 11.6. The van der Waals surface area contributed by atoms with Gasteiger partial charge >= 0.3 is 0 Å². The highest BCUT2D eigenvalue weighted by atomic mass is 16.3. The van der Waals surface area contributed by atoms with Gasteiger partial charge in [-0.15, -0.1) is 0 Å². The SMILES string of the molecule is CC.CC(C)CCCCC1CCC2C3CC=C4CC(C(C)C)CCC4(C)C3CCC12C.CC(C)CCO. The number of allylic oxidation sites excluding steroid dienone is 2. The predicted octanol–water partition coefficient (Wildman–Crippen LogP) is 11.1. The summed E-state index contributed by atoms with van der Waals surface area (Å²) >= 11 is 0. The second-order valence-electron chi connectivity index (χ2n) is 14.9.